The Bertz CT molecular complexity index is 575. The second-order valence-corrected chi connectivity index (χ2v) is 7.87. The fraction of sp³-hybridized carbons (Fsp3) is 0.643. The predicted octanol–water partition coefficient (Wildman–Crippen LogP) is 2.40. The zero-order valence-corrected chi connectivity index (χ0v) is 13.5. The number of anilines is 1. The molecule has 1 aromatic heterocycles. The molecule has 0 aromatic carbocycles. The average Bonchev–Trinajstić information content (AvgIpc) is 2.78. The summed E-state index contributed by atoms with van der Waals surface area (Å²) < 4.78 is 23.2. The molecule has 0 radical (unpaired) electrons. The number of hydrogen-bond acceptors (Lipinski definition) is 4. The Balaban J connectivity index is 2.24. The van der Waals surface area contributed by atoms with E-state index < -0.39 is 9.84 Å². The normalized spacial score (nSPS) is 21.1. The number of alkyl halides is 1. The first-order valence-corrected chi connectivity index (χ1v) is 9.30. The number of hydrogen-bond donors (Lipinski definition) is 0. The van der Waals surface area contributed by atoms with Crippen LogP contribution in [0.4, 0.5) is 5.82 Å². The number of aryl methyl sites for hydroxylation is 1. The van der Waals surface area contributed by atoms with Crippen LogP contribution in [0.25, 0.3) is 0 Å². The molecular weight excluding hydrogens is 296 g/mol. The van der Waals surface area contributed by atoms with E-state index in [4.69, 9.17) is 11.6 Å². The Morgan fingerprint density at radius 1 is 1.45 bits per heavy atom. The Hall–Kier alpha value is -0.810. The van der Waals surface area contributed by atoms with Gasteiger partial charge in [-0.15, -0.1) is 11.6 Å². The van der Waals surface area contributed by atoms with Gasteiger partial charge in [-0.1, -0.05) is 13.3 Å². The lowest BCUT2D eigenvalue weighted by molar-refractivity contribution is 0.600. The van der Waals surface area contributed by atoms with Crippen LogP contribution < -0.4 is 4.90 Å². The molecule has 1 fully saturated rings. The summed E-state index contributed by atoms with van der Waals surface area (Å²) in [6, 6.07) is 4.00. The van der Waals surface area contributed by atoms with Crippen LogP contribution in [0, 0.1) is 0 Å². The van der Waals surface area contributed by atoms with Crippen LogP contribution >= 0.6 is 11.6 Å². The number of halogens is 1. The molecule has 0 bridgehead atoms. The second kappa shape index (κ2) is 6.31. The minimum atomic E-state index is -2.88. The molecule has 1 aliphatic heterocycles. The van der Waals surface area contributed by atoms with Crippen LogP contribution in [-0.4, -0.2) is 38.0 Å². The van der Waals surface area contributed by atoms with Gasteiger partial charge in [0.05, 0.1) is 11.5 Å². The van der Waals surface area contributed by atoms with E-state index in [-0.39, 0.29) is 17.5 Å². The van der Waals surface area contributed by atoms with Gasteiger partial charge in [-0.3, -0.25) is 0 Å². The SMILES string of the molecule is CCCc1cc(CCl)cc(N(C)C2CCS(=O)(=O)C2)n1. The Labute approximate surface area is 126 Å². The van der Waals surface area contributed by atoms with Gasteiger partial charge in [-0.2, -0.15) is 0 Å². The highest BCUT2D eigenvalue weighted by atomic mass is 35.5. The summed E-state index contributed by atoms with van der Waals surface area (Å²) in [7, 11) is -0.962. The van der Waals surface area contributed by atoms with E-state index in [2.05, 4.69) is 11.9 Å². The standard InChI is InChI=1S/C14H21ClN2O2S/c1-3-4-12-7-11(9-15)8-14(16-12)17(2)13-5-6-20(18,19)10-13/h7-8,13H,3-6,9-10H2,1-2H3. The predicted molar refractivity (Wildman–Crippen MR) is 83.3 cm³/mol. The zero-order chi connectivity index (χ0) is 14.8. The highest BCUT2D eigenvalue weighted by Gasteiger charge is 2.31. The highest BCUT2D eigenvalue weighted by Crippen LogP contribution is 2.23. The van der Waals surface area contributed by atoms with E-state index in [1.165, 1.54) is 0 Å². The van der Waals surface area contributed by atoms with Gasteiger partial charge in [0.25, 0.3) is 0 Å². The molecular formula is C14H21ClN2O2S. The quantitative estimate of drug-likeness (QED) is 0.783. The molecule has 1 atom stereocenters. The van der Waals surface area contributed by atoms with Gasteiger partial charge in [0.2, 0.25) is 0 Å². The summed E-state index contributed by atoms with van der Waals surface area (Å²) >= 11 is 5.94. The molecule has 4 nitrogen and oxygen atoms in total. The lowest BCUT2D eigenvalue weighted by Crippen LogP contribution is -2.33. The summed E-state index contributed by atoms with van der Waals surface area (Å²) in [6.07, 6.45) is 2.61. The van der Waals surface area contributed by atoms with Crippen molar-refractivity contribution in [2.45, 2.75) is 38.1 Å². The average molecular weight is 317 g/mol. The van der Waals surface area contributed by atoms with Crippen molar-refractivity contribution < 1.29 is 8.42 Å². The Kier molecular flexibility index (Phi) is 4.91. The lowest BCUT2D eigenvalue weighted by Gasteiger charge is -2.25. The minimum absolute atomic E-state index is 0.0209. The molecule has 1 unspecified atom stereocenters. The smallest absolute Gasteiger partial charge is 0.152 e. The number of sulfone groups is 1. The fourth-order valence-corrected chi connectivity index (χ4v) is 4.47. The van der Waals surface area contributed by atoms with Crippen LogP contribution in [-0.2, 0) is 22.1 Å². The van der Waals surface area contributed by atoms with E-state index in [1.54, 1.807) is 0 Å². The first-order chi connectivity index (χ1) is 9.45. The van der Waals surface area contributed by atoms with E-state index in [1.807, 2.05) is 24.1 Å². The monoisotopic (exact) mass is 316 g/mol. The molecule has 6 heteroatoms. The van der Waals surface area contributed by atoms with Gasteiger partial charge >= 0.3 is 0 Å². The van der Waals surface area contributed by atoms with Gasteiger partial charge in [0.1, 0.15) is 5.82 Å². The maximum Gasteiger partial charge on any atom is 0.152 e. The zero-order valence-electron chi connectivity index (χ0n) is 12.0. The molecule has 112 valence electrons. The van der Waals surface area contributed by atoms with Crippen LogP contribution in [0.2, 0.25) is 0 Å². The summed E-state index contributed by atoms with van der Waals surface area (Å²) in [5.41, 5.74) is 2.06. The number of nitrogens with zero attached hydrogens (tertiary/aromatic N) is 2. The first-order valence-electron chi connectivity index (χ1n) is 6.94. The number of pyridine rings is 1. The molecule has 0 amide bonds. The van der Waals surface area contributed by atoms with Gasteiger partial charge in [-0.25, -0.2) is 13.4 Å². The van der Waals surface area contributed by atoms with Gasteiger partial charge in [0, 0.05) is 24.7 Å². The van der Waals surface area contributed by atoms with Crippen molar-refractivity contribution in [3.63, 3.8) is 0 Å². The largest absolute Gasteiger partial charge is 0.356 e. The lowest BCUT2D eigenvalue weighted by atomic mass is 10.1. The topological polar surface area (TPSA) is 50.3 Å². The highest BCUT2D eigenvalue weighted by molar-refractivity contribution is 7.91. The van der Waals surface area contributed by atoms with Gasteiger partial charge in [-0.05, 0) is 30.5 Å². The van der Waals surface area contributed by atoms with Crippen molar-refractivity contribution in [2.75, 3.05) is 23.5 Å². The van der Waals surface area contributed by atoms with E-state index >= 15 is 0 Å². The van der Waals surface area contributed by atoms with Gasteiger partial charge in [0.15, 0.2) is 9.84 Å². The molecule has 1 aliphatic rings. The van der Waals surface area contributed by atoms with Crippen molar-refractivity contribution in [3.8, 4) is 0 Å². The number of aromatic nitrogens is 1. The van der Waals surface area contributed by atoms with Crippen molar-refractivity contribution in [1.82, 2.24) is 4.98 Å². The molecule has 0 N–H and O–H groups in total. The number of rotatable bonds is 5. The van der Waals surface area contributed by atoms with Crippen molar-refractivity contribution >= 4 is 27.3 Å². The fourth-order valence-electron chi connectivity index (χ4n) is 2.54. The molecule has 0 spiro atoms. The van der Waals surface area contributed by atoms with Gasteiger partial charge < -0.3 is 4.90 Å². The summed E-state index contributed by atoms with van der Waals surface area (Å²) in [6.45, 7) is 2.11. The third kappa shape index (κ3) is 3.64. The molecule has 2 heterocycles. The maximum absolute atomic E-state index is 11.6. The molecule has 0 aliphatic carbocycles. The summed E-state index contributed by atoms with van der Waals surface area (Å²) in [5.74, 6) is 1.77. The van der Waals surface area contributed by atoms with Crippen LogP contribution in [0.15, 0.2) is 12.1 Å². The molecule has 2 rings (SSSR count). The van der Waals surface area contributed by atoms with Crippen molar-refractivity contribution in [1.29, 1.82) is 0 Å². The molecule has 1 aromatic rings. The molecule has 1 saturated heterocycles. The van der Waals surface area contributed by atoms with Crippen molar-refractivity contribution in [2.24, 2.45) is 0 Å². The maximum atomic E-state index is 11.6. The van der Waals surface area contributed by atoms with Crippen LogP contribution in [0.5, 0.6) is 0 Å². The first kappa shape index (κ1) is 15.6. The Morgan fingerprint density at radius 2 is 2.20 bits per heavy atom. The van der Waals surface area contributed by atoms with E-state index in [0.717, 1.165) is 29.9 Å². The van der Waals surface area contributed by atoms with Crippen LogP contribution in [0.3, 0.4) is 0 Å². The molecule has 20 heavy (non-hydrogen) atoms. The second-order valence-electron chi connectivity index (χ2n) is 5.38. The Morgan fingerprint density at radius 3 is 2.75 bits per heavy atom. The van der Waals surface area contributed by atoms with Crippen LogP contribution in [0.1, 0.15) is 31.0 Å². The molecule has 0 saturated carbocycles. The van der Waals surface area contributed by atoms with E-state index in [9.17, 15) is 8.42 Å². The van der Waals surface area contributed by atoms with E-state index in [0.29, 0.717) is 12.3 Å². The summed E-state index contributed by atoms with van der Waals surface area (Å²) in [4.78, 5) is 6.62. The summed E-state index contributed by atoms with van der Waals surface area (Å²) in [5, 5.41) is 0. The third-order valence-corrected chi connectivity index (χ3v) is 5.76. The minimum Gasteiger partial charge on any atom is -0.356 e. The third-order valence-electron chi connectivity index (χ3n) is 3.70. The van der Waals surface area contributed by atoms with Crippen molar-refractivity contribution in [3.05, 3.63) is 23.4 Å².